The highest BCUT2D eigenvalue weighted by Crippen LogP contribution is 2.15. The first-order chi connectivity index (χ1) is 9.06. The summed E-state index contributed by atoms with van der Waals surface area (Å²) in [6, 6.07) is 10.5. The number of pyridine rings is 1. The minimum absolute atomic E-state index is 0.207. The number of anilines is 2. The molecule has 0 bridgehead atoms. The zero-order valence-electron chi connectivity index (χ0n) is 10.7. The molecule has 0 saturated heterocycles. The van der Waals surface area contributed by atoms with Gasteiger partial charge in [-0.2, -0.15) is 0 Å². The summed E-state index contributed by atoms with van der Waals surface area (Å²) in [5.74, 6) is 0.627. The van der Waals surface area contributed by atoms with E-state index in [1.807, 2.05) is 31.1 Å². The first-order valence-corrected chi connectivity index (χ1v) is 6.14. The third-order valence-electron chi connectivity index (χ3n) is 2.55. The molecular weight excluding hydrogens is 262 g/mol. The summed E-state index contributed by atoms with van der Waals surface area (Å²) in [5, 5.41) is 3.31. The van der Waals surface area contributed by atoms with Crippen LogP contribution >= 0.6 is 11.6 Å². The van der Waals surface area contributed by atoms with Crippen LogP contribution in [0.1, 0.15) is 10.4 Å². The minimum Gasteiger partial charge on any atom is -0.363 e. The quantitative estimate of drug-likeness (QED) is 0.936. The molecule has 1 amide bonds. The summed E-state index contributed by atoms with van der Waals surface area (Å²) in [6.45, 7) is 0. The Labute approximate surface area is 117 Å². The summed E-state index contributed by atoms with van der Waals surface area (Å²) in [4.78, 5) is 18.1. The smallest absolute Gasteiger partial charge is 0.255 e. The van der Waals surface area contributed by atoms with Crippen molar-refractivity contribution in [3.63, 3.8) is 0 Å². The van der Waals surface area contributed by atoms with E-state index in [1.54, 1.807) is 30.5 Å². The third kappa shape index (κ3) is 3.45. The molecule has 1 aromatic heterocycles. The molecule has 19 heavy (non-hydrogen) atoms. The fourth-order valence-electron chi connectivity index (χ4n) is 1.56. The fourth-order valence-corrected chi connectivity index (χ4v) is 1.75. The average Bonchev–Trinajstić information content (AvgIpc) is 2.39. The summed E-state index contributed by atoms with van der Waals surface area (Å²) in [5.41, 5.74) is 1.17. The number of rotatable bonds is 3. The molecule has 0 aliphatic carbocycles. The van der Waals surface area contributed by atoms with E-state index in [0.29, 0.717) is 16.3 Å². The lowest BCUT2D eigenvalue weighted by Gasteiger charge is -2.11. The van der Waals surface area contributed by atoms with Crippen molar-refractivity contribution in [1.82, 2.24) is 4.98 Å². The molecule has 0 unspecified atom stereocenters. The van der Waals surface area contributed by atoms with Crippen molar-refractivity contribution in [2.45, 2.75) is 0 Å². The number of hydrogen-bond donors (Lipinski definition) is 1. The van der Waals surface area contributed by atoms with Crippen molar-refractivity contribution < 1.29 is 4.79 Å². The lowest BCUT2D eigenvalue weighted by atomic mass is 10.2. The van der Waals surface area contributed by atoms with Gasteiger partial charge < -0.3 is 10.2 Å². The van der Waals surface area contributed by atoms with E-state index >= 15 is 0 Å². The number of halogens is 1. The number of hydrogen-bond acceptors (Lipinski definition) is 3. The second-order valence-corrected chi connectivity index (χ2v) is 4.70. The normalized spacial score (nSPS) is 10.1. The molecule has 2 rings (SSSR count). The Morgan fingerprint density at radius 1 is 1.26 bits per heavy atom. The van der Waals surface area contributed by atoms with Crippen molar-refractivity contribution in [2.75, 3.05) is 24.3 Å². The van der Waals surface area contributed by atoms with Crippen molar-refractivity contribution >= 4 is 29.0 Å². The Balaban J connectivity index is 2.10. The molecule has 0 spiro atoms. The van der Waals surface area contributed by atoms with E-state index in [4.69, 9.17) is 11.6 Å². The maximum absolute atomic E-state index is 12.0. The van der Waals surface area contributed by atoms with Crippen molar-refractivity contribution in [3.8, 4) is 0 Å². The van der Waals surface area contributed by atoms with Crippen LogP contribution in [0.2, 0.25) is 5.02 Å². The van der Waals surface area contributed by atoms with Gasteiger partial charge in [-0.05, 0) is 30.3 Å². The van der Waals surface area contributed by atoms with E-state index < -0.39 is 0 Å². The number of carbonyl (C=O) groups excluding carboxylic acids is 1. The van der Waals surface area contributed by atoms with Crippen molar-refractivity contribution in [1.29, 1.82) is 0 Å². The molecule has 0 fully saturated rings. The molecule has 1 heterocycles. The third-order valence-corrected chi connectivity index (χ3v) is 2.79. The molecule has 1 aromatic carbocycles. The number of benzene rings is 1. The second kappa shape index (κ2) is 5.71. The van der Waals surface area contributed by atoms with Crippen LogP contribution in [0.15, 0.2) is 42.6 Å². The zero-order valence-corrected chi connectivity index (χ0v) is 11.5. The highest BCUT2D eigenvalue weighted by Gasteiger charge is 2.06. The summed E-state index contributed by atoms with van der Waals surface area (Å²) in [6.07, 6.45) is 1.62. The summed E-state index contributed by atoms with van der Waals surface area (Å²) < 4.78 is 0. The zero-order chi connectivity index (χ0) is 13.8. The van der Waals surface area contributed by atoms with Crippen LogP contribution in [0.25, 0.3) is 0 Å². The molecule has 4 nitrogen and oxygen atoms in total. The molecular formula is C14H14ClN3O. The van der Waals surface area contributed by atoms with Gasteiger partial charge in [0, 0.05) is 24.7 Å². The van der Waals surface area contributed by atoms with Crippen molar-refractivity contribution in [3.05, 3.63) is 53.2 Å². The van der Waals surface area contributed by atoms with Gasteiger partial charge in [-0.25, -0.2) is 4.98 Å². The van der Waals surface area contributed by atoms with Crippen LogP contribution in [-0.2, 0) is 0 Å². The molecule has 98 valence electrons. The predicted molar refractivity (Wildman–Crippen MR) is 78.0 cm³/mol. The van der Waals surface area contributed by atoms with Crippen LogP contribution < -0.4 is 10.2 Å². The Bertz CT molecular complexity index is 581. The van der Waals surface area contributed by atoms with Gasteiger partial charge in [0.2, 0.25) is 0 Å². The van der Waals surface area contributed by atoms with Gasteiger partial charge in [0.25, 0.3) is 5.91 Å². The summed E-state index contributed by atoms with van der Waals surface area (Å²) >= 11 is 5.85. The molecule has 5 heteroatoms. The van der Waals surface area contributed by atoms with Gasteiger partial charge in [-0.3, -0.25) is 4.79 Å². The van der Waals surface area contributed by atoms with Gasteiger partial charge in [-0.15, -0.1) is 0 Å². The number of nitrogens with zero attached hydrogens (tertiary/aromatic N) is 2. The minimum atomic E-state index is -0.207. The Kier molecular flexibility index (Phi) is 4.02. The second-order valence-electron chi connectivity index (χ2n) is 4.26. The van der Waals surface area contributed by atoms with Crippen LogP contribution in [0.4, 0.5) is 11.5 Å². The van der Waals surface area contributed by atoms with Gasteiger partial charge in [-0.1, -0.05) is 17.7 Å². The molecule has 0 aliphatic heterocycles. The molecule has 0 aliphatic rings. The summed E-state index contributed by atoms with van der Waals surface area (Å²) in [7, 11) is 3.82. The van der Waals surface area contributed by atoms with Gasteiger partial charge in [0.05, 0.1) is 11.9 Å². The molecule has 1 N–H and O–H groups in total. The molecule has 2 aromatic rings. The number of amides is 1. The van der Waals surface area contributed by atoms with Crippen LogP contribution in [0.5, 0.6) is 0 Å². The average molecular weight is 276 g/mol. The highest BCUT2D eigenvalue weighted by molar-refractivity contribution is 6.31. The number of nitrogens with one attached hydrogen (secondary N) is 1. The topological polar surface area (TPSA) is 45.2 Å². The first kappa shape index (κ1) is 13.4. The van der Waals surface area contributed by atoms with Crippen LogP contribution in [0, 0.1) is 0 Å². The molecule has 0 atom stereocenters. The van der Waals surface area contributed by atoms with E-state index in [-0.39, 0.29) is 5.91 Å². The highest BCUT2D eigenvalue weighted by atomic mass is 35.5. The standard InChI is InChI=1S/C14H14ClN3O/c1-18(2)13-7-6-12(9-16-13)17-14(19)10-4-3-5-11(15)8-10/h3-9H,1-2H3,(H,17,19). The molecule has 0 radical (unpaired) electrons. The van der Waals surface area contributed by atoms with E-state index in [9.17, 15) is 4.79 Å². The Morgan fingerprint density at radius 2 is 2.05 bits per heavy atom. The first-order valence-electron chi connectivity index (χ1n) is 5.76. The monoisotopic (exact) mass is 275 g/mol. The predicted octanol–water partition coefficient (Wildman–Crippen LogP) is 3.05. The fraction of sp³-hybridized carbons (Fsp3) is 0.143. The Morgan fingerprint density at radius 3 is 2.63 bits per heavy atom. The van der Waals surface area contributed by atoms with E-state index in [0.717, 1.165) is 5.82 Å². The van der Waals surface area contributed by atoms with Gasteiger partial charge in [0.1, 0.15) is 5.82 Å². The lowest BCUT2D eigenvalue weighted by Crippen LogP contribution is -2.13. The Hall–Kier alpha value is -2.07. The van der Waals surface area contributed by atoms with Crippen LogP contribution in [0.3, 0.4) is 0 Å². The lowest BCUT2D eigenvalue weighted by molar-refractivity contribution is 0.102. The SMILES string of the molecule is CN(C)c1ccc(NC(=O)c2cccc(Cl)c2)cn1. The van der Waals surface area contributed by atoms with E-state index in [2.05, 4.69) is 10.3 Å². The number of aromatic nitrogens is 1. The van der Waals surface area contributed by atoms with Crippen molar-refractivity contribution in [2.24, 2.45) is 0 Å². The number of carbonyl (C=O) groups is 1. The van der Waals surface area contributed by atoms with Gasteiger partial charge in [0.15, 0.2) is 0 Å². The maximum Gasteiger partial charge on any atom is 0.255 e. The maximum atomic E-state index is 12.0. The largest absolute Gasteiger partial charge is 0.363 e. The van der Waals surface area contributed by atoms with E-state index in [1.165, 1.54) is 0 Å². The van der Waals surface area contributed by atoms with Gasteiger partial charge >= 0.3 is 0 Å². The van der Waals surface area contributed by atoms with Crippen LogP contribution in [-0.4, -0.2) is 25.0 Å². The molecule has 0 saturated carbocycles.